The number of ether oxygens (including phenoxy) is 2. The summed E-state index contributed by atoms with van der Waals surface area (Å²) in [5.74, 6) is 1.59. The number of amides is 1. The fraction of sp³-hybridized carbons (Fsp3) is 0.476. The van der Waals surface area contributed by atoms with Crippen LogP contribution in [0.1, 0.15) is 27.3 Å². The fourth-order valence-corrected chi connectivity index (χ4v) is 3.79. The Labute approximate surface area is 165 Å². The average Bonchev–Trinajstić information content (AvgIpc) is 2.97. The van der Waals surface area contributed by atoms with E-state index < -0.39 is 0 Å². The summed E-state index contributed by atoms with van der Waals surface area (Å²) in [5, 5.41) is 0. The molecule has 1 saturated heterocycles. The Bertz CT molecular complexity index is 847. The first kappa shape index (κ1) is 18.7. The molecule has 0 saturated carbocycles. The smallest absolute Gasteiger partial charge is 0.253 e. The number of fused-ring (bicyclic) bond motifs is 1. The maximum atomic E-state index is 12.9. The van der Waals surface area contributed by atoms with Crippen LogP contribution < -0.4 is 9.64 Å². The van der Waals surface area contributed by atoms with Crippen molar-refractivity contribution < 1.29 is 14.3 Å². The number of methoxy groups -OCH3 is 1. The molecule has 0 unspecified atom stereocenters. The zero-order valence-corrected chi connectivity index (χ0v) is 16.5. The maximum absolute atomic E-state index is 12.9. The van der Waals surface area contributed by atoms with Gasteiger partial charge in [0.1, 0.15) is 5.75 Å². The van der Waals surface area contributed by atoms with Gasteiger partial charge < -0.3 is 19.3 Å². The molecule has 3 heterocycles. The van der Waals surface area contributed by atoms with E-state index in [1.807, 2.05) is 36.1 Å². The largest absolute Gasteiger partial charge is 0.497 e. The van der Waals surface area contributed by atoms with Crippen LogP contribution in [0, 0.1) is 6.92 Å². The van der Waals surface area contributed by atoms with Crippen molar-refractivity contribution in [2.75, 3.05) is 51.4 Å². The number of hydrogen-bond acceptors (Lipinski definition) is 6. The number of morpholine rings is 1. The molecular weight excluding hydrogens is 356 g/mol. The minimum atomic E-state index is 0.0504. The van der Waals surface area contributed by atoms with Crippen molar-refractivity contribution in [3.05, 3.63) is 46.8 Å². The third-order valence-electron chi connectivity index (χ3n) is 5.46. The molecule has 0 N–H and O–H groups in total. The number of hydrogen-bond donors (Lipinski definition) is 0. The second-order valence-corrected chi connectivity index (χ2v) is 7.15. The van der Waals surface area contributed by atoms with Crippen LogP contribution >= 0.6 is 0 Å². The highest BCUT2D eigenvalue weighted by Gasteiger charge is 2.24. The van der Waals surface area contributed by atoms with Crippen LogP contribution in [0.4, 0.5) is 5.95 Å². The molecule has 0 spiro atoms. The lowest BCUT2D eigenvalue weighted by Crippen LogP contribution is -2.37. The molecule has 148 valence electrons. The van der Waals surface area contributed by atoms with Gasteiger partial charge in [0.25, 0.3) is 5.91 Å². The first-order chi connectivity index (χ1) is 13.7. The molecule has 0 aliphatic carbocycles. The molecule has 2 aromatic rings. The molecule has 28 heavy (non-hydrogen) atoms. The number of carbonyl (C=O) groups is 1. The van der Waals surface area contributed by atoms with E-state index in [1.54, 1.807) is 7.11 Å². The van der Waals surface area contributed by atoms with Gasteiger partial charge in [-0.3, -0.25) is 4.79 Å². The Morgan fingerprint density at radius 1 is 1.04 bits per heavy atom. The highest BCUT2D eigenvalue weighted by atomic mass is 16.5. The van der Waals surface area contributed by atoms with Crippen LogP contribution in [-0.2, 0) is 17.6 Å². The summed E-state index contributed by atoms with van der Waals surface area (Å²) < 4.78 is 10.6. The third kappa shape index (κ3) is 3.80. The lowest BCUT2D eigenvalue weighted by Gasteiger charge is -2.27. The molecule has 7 heteroatoms. The zero-order valence-electron chi connectivity index (χ0n) is 16.5. The van der Waals surface area contributed by atoms with Gasteiger partial charge in [-0.2, -0.15) is 0 Å². The Hall–Kier alpha value is -2.67. The van der Waals surface area contributed by atoms with Gasteiger partial charge in [0.05, 0.1) is 26.0 Å². The van der Waals surface area contributed by atoms with E-state index in [1.165, 1.54) is 5.56 Å². The number of carbonyl (C=O) groups excluding carboxylic acids is 1. The average molecular weight is 382 g/mol. The predicted molar refractivity (Wildman–Crippen MR) is 106 cm³/mol. The standard InChI is InChI=1S/C21H26N4O3/c1-15-18-7-9-24(20(26)16-3-5-17(27-2)6-4-16)10-8-19(18)23-21(22-15)25-11-13-28-14-12-25/h3-6H,7-14H2,1-2H3. The number of anilines is 1. The van der Waals surface area contributed by atoms with Crippen LogP contribution in [0.25, 0.3) is 0 Å². The molecule has 0 radical (unpaired) electrons. The topological polar surface area (TPSA) is 67.8 Å². The number of benzene rings is 1. The molecule has 1 aromatic heterocycles. The Morgan fingerprint density at radius 2 is 1.75 bits per heavy atom. The van der Waals surface area contributed by atoms with E-state index in [-0.39, 0.29) is 5.91 Å². The van der Waals surface area contributed by atoms with Crippen LogP contribution in [0.2, 0.25) is 0 Å². The van der Waals surface area contributed by atoms with E-state index in [0.29, 0.717) is 31.9 Å². The first-order valence-electron chi connectivity index (χ1n) is 9.78. The van der Waals surface area contributed by atoms with Crippen molar-refractivity contribution in [3.8, 4) is 5.75 Å². The summed E-state index contributed by atoms with van der Waals surface area (Å²) in [6, 6.07) is 7.29. The molecule has 0 bridgehead atoms. The maximum Gasteiger partial charge on any atom is 0.253 e. The molecule has 1 fully saturated rings. The van der Waals surface area contributed by atoms with Crippen molar-refractivity contribution in [1.29, 1.82) is 0 Å². The molecule has 7 nitrogen and oxygen atoms in total. The minimum absolute atomic E-state index is 0.0504. The van der Waals surface area contributed by atoms with E-state index in [2.05, 4.69) is 4.90 Å². The van der Waals surface area contributed by atoms with E-state index in [0.717, 1.165) is 49.0 Å². The van der Waals surface area contributed by atoms with Gasteiger partial charge in [-0.25, -0.2) is 9.97 Å². The summed E-state index contributed by atoms with van der Waals surface area (Å²) in [6.07, 6.45) is 1.53. The molecule has 0 atom stereocenters. The van der Waals surface area contributed by atoms with Crippen molar-refractivity contribution in [2.24, 2.45) is 0 Å². The van der Waals surface area contributed by atoms with Gasteiger partial charge in [0, 0.05) is 43.9 Å². The van der Waals surface area contributed by atoms with Crippen LogP contribution in [-0.4, -0.2) is 67.3 Å². The van der Waals surface area contributed by atoms with Gasteiger partial charge in [0.15, 0.2) is 0 Å². The molecule has 2 aliphatic rings. The van der Waals surface area contributed by atoms with E-state index >= 15 is 0 Å². The molecule has 1 aromatic carbocycles. The summed E-state index contributed by atoms with van der Waals surface area (Å²) in [6.45, 7) is 6.45. The lowest BCUT2D eigenvalue weighted by molar-refractivity contribution is 0.0763. The van der Waals surface area contributed by atoms with Gasteiger partial charge >= 0.3 is 0 Å². The van der Waals surface area contributed by atoms with Gasteiger partial charge in [-0.15, -0.1) is 0 Å². The number of aryl methyl sites for hydroxylation is 1. The third-order valence-corrected chi connectivity index (χ3v) is 5.46. The summed E-state index contributed by atoms with van der Waals surface area (Å²) in [4.78, 5) is 26.6. The summed E-state index contributed by atoms with van der Waals surface area (Å²) in [7, 11) is 1.62. The SMILES string of the molecule is COc1ccc(C(=O)N2CCc3nc(N4CCOCC4)nc(C)c3CC2)cc1. The quantitative estimate of drug-likeness (QED) is 0.807. The Balaban J connectivity index is 1.51. The Kier molecular flexibility index (Phi) is 5.43. The fourth-order valence-electron chi connectivity index (χ4n) is 3.79. The molecule has 4 rings (SSSR count). The van der Waals surface area contributed by atoms with Crippen LogP contribution in [0.3, 0.4) is 0 Å². The minimum Gasteiger partial charge on any atom is -0.497 e. The van der Waals surface area contributed by atoms with Gasteiger partial charge in [0.2, 0.25) is 5.95 Å². The summed E-state index contributed by atoms with van der Waals surface area (Å²) in [5.41, 5.74) is 3.95. The van der Waals surface area contributed by atoms with Crippen molar-refractivity contribution in [1.82, 2.24) is 14.9 Å². The van der Waals surface area contributed by atoms with E-state index in [9.17, 15) is 4.79 Å². The summed E-state index contributed by atoms with van der Waals surface area (Å²) >= 11 is 0. The van der Waals surface area contributed by atoms with Gasteiger partial charge in [-0.05, 0) is 43.2 Å². The predicted octanol–water partition coefficient (Wildman–Crippen LogP) is 1.87. The second kappa shape index (κ2) is 8.14. The van der Waals surface area contributed by atoms with Crippen molar-refractivity contribution in [2.45, 2.75) is 19.8 Å². The zero-order chi connectivity index (χ0) is 19.5. The number of aromatic nitrogens is 2. The monoisotopic (exact) mass is 382 g/mol. The highest BCUT2D eigenvalue weighted by molar-refractivity contribution is 5.94. The molecular formula is C21H26N4O3. The number of nitrogens with zero attached hydrogens (tertiary/aromatic N) is 4. The second-order valence-electron chi connectivity index (χ2n) is 7.15. The van der Waals surface area contributed by atoms with Crippen molar-refractivity contribution >= 4 is 11.9 Å². The Morgan fingerprint density at radius 3 is 2.46 bits per heavy atom. The normalized spacial score (nSPS) is 17.1. The number of rotatable bonds is 3. The van der Waals surface area contributed by atoms with Crippen LogP contribution in [0.5, 0.6) is 5.75 Å². The lowest BCUT2D eigenvalue weighted by atomic mass is 10.1. The highest BCUT2D eigenvalue weighted by Crippen LogP contribution is 2.22. The van der Waals surface area contributed by atoms with Crippen LogP contribution in [0.15, 0.2) is 24.3 Å². The van der Waals surface area contributed by atoms with E-state index in [4.69, 9.17) is 19.4 Å². The molecule has 2 aliphatic heterocycles. The molecule has 1 amide bonds. The van der Waals surface area contributed by atoms with Crippen molar-refractivity contribution in [3.63, 3.8) is 0 Å². The first-order valence-corrected chi connectivity index (χ1v) is 9.78. The van der Waals surface area contributed by atoms with Gasteiger partial charge in [-0.1, -0.05) is 0 Å².